The second-order valence-corrected chi connectivity index (χ2v) is 3.02. The Morgan fingerprint density at radius 3 is 2.60 bits per heavy atom. The fraction of sp³-hybridized carbons (Fsp3) is 0.200. The summed E-state index contributed by atoms with van der Waals surface area (Å²) in [4.78, 5) is 0. The maximum Gasteiger partial charge on any atom is 0.177 e. The molecule has 0 aromatic rings. The molecule has 1 N–H and O–H groups in total. The fourth-order valence-corrected chi connectivity index (χ4v) is 1.36. The minimum absolute atomic E-state index is 0.211. The zero-order valence-electron chi connectivity index (χ0n) is 4.76. The fourth-order valence-electron chi connectivity index (χ4n) is 0.550. The molecule has 0 fully saturated rings. The van der Waals surface area contributed by atoms with E-state index in [4.69, 9.17) is 40.1 Å². The number of hydrogen-bond donors (Lipinski definition) is 1. The maximum atomic E-state index is 9.05. The molecule has 2 nitrogen and oxygen atoms in total. The Bertz CT molecular complexity index is 201. The molecule has 5 heteroatoms. The van der Waals surface area contributed by atoms with Crippen molar-refractivity contribution in [3.63, 3.8) is 0 Å². The third kappa shape index (κ3) is 1.58. The molecule has 0 aliphatic carbocycles. The lowest BCUT2D eigenvalue weighted by atomic mass is 10.3. The number of rotatable bonds is 0. The van der Waals surface area contributed by atoms with Crippen LogP contribution >= 0.6 is 35.0 Å². The van der Waals surface area contributed by atoms with Crippen molar-refractivity contribution in [3.8, 4) is 0 Å². The number of allylic oxidation sites excluding steroid dienone is 2. The summed E-state index contributed by atoms with van der Waals surface area (Å²) in [5, 5.41) is 9.66. The van der Waals surface area contributed by atoms with E-state index in [1.165, 1.54) is 12.3 Å². The summed E-state index contributed by atoms with van der Waals surface area (Å²) in [5.74, 6) is 0. The summed E-state index contributed by atoms with van der Waals surface area (Å²) in [6.45, 7) is 0. The number of hydrogen-bond acceptors (Lipinski definition) is 2. The largest absolute Gasteiger partial charge is 0.367 e. The molecule has 56 valence electrons. The summed E-state index contributed by atoms with van der Waals surface area (Å²) in [7, 11) is 0. The van der Waals surface area contributed by atoms with Gasteiger partial charge in [-0.1, -0.05) is 23.2 Å². The van der Waals surface area contributed by atoms with Crippen LogP contribution < -0.4 is 0 Å². The zero-order chi connectivity index (χ0) is 7.72. The van der Waals surface area contributed by atoms with Crippen LogP contribution in [0.5, 0.6) is 0 Å². The first-order valence-electron chi connectivity index (χ1n) is 2.48. The van der Waals surface area contributed by atoms with Gasteiger partial charge in [0.05, 0.1) is 10.1 Å². The Kier molecular flexibility index (Phi) is 2.47. The molecule has 1 atom stereocenters. The molecular weight excluding hydrogens is 196 g/mol. The van der Waals surface area contributed by atoms with Gasteiger partial charge in [0.25, 0.3) is 0 Å². The molecule has 0 amide bonds. The van der Waals surface area contributed by atoms with Crippen molar-refractivity contribution in [3.05, 3.63) is 22.3 Å². The molecule has 0 aromatic carbocycles. The van der Waals surface area contributed by atoms with E-state index in [0.717, 1.165) is 4.42 Å². The molecule has 10 heavy (non-hydrogen) atoms. The van der Waals surface area contributed by atoms with Crippen LogP contribution in [0.25, 0.3) is 0 Å². The SMILES string of the molecule is OC1C(Cl)=CC(Cl)=CN1Cl. The molecule has 0 aromatic heterocycles. The zero-order valence-corrected chi connectivity index (χ0v) is 7.03. The van der Waals surface area contributed by atoms with Gasteiger partial charge >= 0.3 is 0 Å². The second kappa shape index (κ2) is 3.01. The molecule has 1 aliphatic heterocycles. The van der Waals surface area contributed by atoms with Gasteiger partial charge in [-0.05, 0) is 6.08 Å². The van der Waals surface area contributed by atoms with E-state index in [1.54, 1.807) is 0 Å². The summed E-state index contributed by atoms with van der Waals surface area (Å²) >= 11 is 16.5. The van der Waals surface area contributed by atoms with Crippen LogP contribution in [0.1, 0.15) is 0 Å². The minimum Gasteiger partial charge on any atom is -0.367 e. The van der Waals surface area contributed by atoms with Gasteiger partial charge in [0.2, 0.25) is 0 Å². The van der Waals surface area contributed by atoms with E-state index in [-0.39, 0.29) is 5.03 Å². The smallest absolute Gasteiger partial charge is 0.177 e. The number of aliphatic hydroxyl groups is 1. The molecular formula is C5H4Cl3NO. The van der Waals surface area contributed by atoms with Gasteiger partial charge in [-0.3, -0.25) is 4.42 Å². The van der Waals surface area contributed by atoms with Crippen molar-refractivity contribution >= 4 is 35.0 Å². The number of aliphatic hydroxyl groups excluding tert-OH is 1. The van der Waals surface area contributed by atoms with Gasteiger partial charge in [0.15, 0.2) is 6.23 Å². The van der Waals surface area contributed by atoms with Gasteiger partial charge < -0.3 is 5.11 Å². The summed E-state index contributed by atoms with van der Waals surface area (Å²) in [6, 6.07) is 0. The highest BCUT2D eigenvalue weighted by Crippen LogP contribution is 2.24. The van der Waals surface area contributed by atoms with E-state index in [2.05, 4.69) is 0 Å². The van der Waals surface area contributed by atoms with Gasteiger partial charge in [0, 0.05) is 18.0 Å². The average molecular weight is 200 g/mol. The quantitative estimate of drug-likeness (QED) is 0.605. The molecule has 1 aliphatic rings. The Balaban J connectivity index is 2.85. The number of nitrogens with zero attached hydrogens (tertiary/aromatic N) is 1. The minimum atomic E-state index is -0.981. The van der Waals surface area contributed by atoms with Crippen molar-refractivity contribution in [1.29, 1.82) is 0 Å². The van der Waals surface area contributed by atoms with Gasteiger partial charge in [-0.25, -0.2) is 0 Å². The topological polar surface area (TPSA) is 23.5 Å². The number of halogens is 3. The summed E-state index contributed by atoms with van der Waals surface area (Å²) in [5.41, 5.74) is 0. The first-order chi connectivity index (χ1) is 4.61. The first kappa shape index (κ1) is 8.21. The molecule has 0 spiro atoms. The Morgan fingerprint density at radius 1 is 1.50 bits per heavy atom. The van der Waals surface area contributed by atoms with Crippen molar-refractivity contribution < 1.29 is 5.11 Å². The van der Waals surface area contributed by atoms with Crippen molar-refractivity contribution in [2.24, 2.45) is 0 Å². The highest BCUT2D eigenvalue weighted by Gasteiger charge is 2.18. The lowest BCUT2D eigenvalue weighted by molar-refractivity contribution is 0.132. The average Bonchev–Trinajstić information content (AvgIpc) is 1.82. The second-order valence-electron chi connectivity index (χ2n) is 1.76. The third-order valence-electron chi connectivity index (χ3n) is 1.00. The lowest BCUT2D eigenvalue weighted by Crippen LogP contribution is -2.24. The maximum absolute atomic E-state index is 9.05. The monoisotopic (exact) mass is 199 g/mol. The molecule has 0 bridgehead atoms. The van der Waals surface area contributed by atoms with Crippen LogP contribution in [0.3, 0.4) is 0 Å². The highest BCUT2D eigenvalue weighted by atomic mass is 35.5. The van der Waals surface area contributed by atoms with E-state index < -0.39 is 6.23 Å². The Morgan fingerprint density at radius 2 is 2.10 bits per heavy atom. The van der Waals surface area contributed by atoms with Crippen molar-refractivity contribution in [2.45, 2.75) is 6.23 Å². The van der Waals surface area contributed by atoms with Crippen molar-refractivity contribution in [1.82, 2.24) is 4.42 Å². The van der Waals surface area contributed by atoms with Crippen LogP contribution in [0.4, 0.5) is 0 Å². The van der Waals surface area contributed by atoms with Crippen LogP contribution in [-0.2, 0) is 0 Å². The first-order valence-corrected chi connectivity index (χ1v) is 3.57. The highest BCUT2D eigenvalue weighted by molar-refractivity contribution is 6.35. The summed E-state index contributed by atoms with van der Waals surface area (Å²) < 4.78 is 1.00. The lowest BCUT2D eigenvalue weighted by Gasteiger charge is -2.21. The molecule has 1 rings (SSSR count). The molecule has 0 radical (unpaired) electrons. The van der Waals surface area contributed by atoms with E-state index >= 15 is 0 Å². The molecule has 1 heterocycles. The van der Waals surface area contributed by atoms with Crippen LogP contribution in [0.15, 0.2) is 22.3 Å². The van der Waals surface area contributed by atoms with E-state index in [1.807, 2.05) is 0 Å². The molecule has 0 saturated carbocycles. The molecule has 1 unspecified atom stereocenters. The standard InChI is InChI=1S/C5H4Cl3NO/c6-3-1-4(7)5(10)9(8)2-3/h1-2,5,10H. The normalized spacial score (nSPS) is 26.0. The van der Waals surface area contributed by atoms with Crippen LogP contribution in [-0.4, -0.2) is 15.8 Å². The predicted octanol–water partition coefficient (Wildman–Crippen LogP) is 1.98. The van der Waals surface area contributed by atoms with Crippen LogP contribution in [0.2, 0.25) is 0 Å². The summed E-state index contributed by atoms with van der Waals surface area (Å²) in [6.07, 6.45) is 1.83. The van der Waals surface area contributed by atoms with Gasteiger partial charge in [-0.2, -0.15) is 0 Å². The molecule has 0 saturated heterocycles. The van der Waals surface area contributed by atoms with Gasteiger partial charge in [0.1, 0.15) is 0 Å². The van der Waals surface area contributed by atoms with E-state index in [0.29, 0.717) is 5.03 Å². The third-order valence-corrected chi connectivity index (χ3v) is 1.80. The van der Waals surface area contributed by atoms with Gasteiger partial charge in [-0.15, -0.1) is 0 Å². The predicted molar refractivity (Wildman–Crippen MR) is 41.6 cm³/mol. The van der Waals surface area contributed by atoms with E-state index in [9.17, 15) is 0 Å². The Labute approximate surface area is 73.4 Å². The van der Waals surface area contributed by atoms with Crippen molar-refractivity contribution in [2.75, 3.05) is 0 Å². The Hall–Kier alpha value is 0.110. The van der Waals surface area contributed by atoms with Crippen LogP contribution in [0, 0.1) is 0 Å².